The van der Waals surface area contributed by atoms with Crippen molar-refractivity contribution in [3.8, 4) is 0 Å². The summed E-state index contributed by atoms with van der Waals surface area (Å²) in [6.07, 6.45) is 1.37. The molecule has 3 unspecified atom stereocenters. The number of likely N-dealkylation sites (tertiary alicyclic amines) is 2. The van der Waals surface area contributed by atoms with E-state index in [1.54, 1.807) is 23.6 Å². The SMILES string of the molecule is CN1CC(c2ccc(Cl)cc2)C2(CCCN(C(=O)C(COCc3ccccc3)NC(=O)C(C)(C)N)C2)C1=O. The molecule has 0 radical (unpaired) electrons. The molecule has 3 atom stereocenters. The molecule has 3 amide bonds. The lowest BCUT2D eigenvalue weighted by Crippen LogP contribution is -2.60. The Bertz CT molecular complexity index is 1150. The number of hydrogen-bond acceptors (Lipinski definition) is 5. The van der Waals surface area contributed by atoms with Gasteiger partial charge < -0.3 is 25.6 Å². The van der Waals surface area contributed by atoms with Gasteiger partial charge in [0.05, 0.1) is 24.2 Å². The summed E-state index contributed by atoms with van der Waals surface area (Å²) in [5.41, 5.74) is 6.11. The van der Waals surface area contributed by atoms with Crippen LogP contribution >= 0.6 is 11.6 Å². The van der Waals surface area contributed by atoms with E-state index >= 15 is 0 Å². The first-order chi connectivity index (χ1) is 18.0. The van der Waals surface area contributed by atoms with Crippen molar-refractivity contribution >= 4 is 29.3 Å². The number of likely N-dealkylation sites (N-methyl/N-ethyl adjacent to an activating group) is 1. The number of nitrogens with two attached hydrogens (primary N) is 1. The van der Waals surface area contributed by atoms with Gasteiger partial charge in [0, 0.05) is 37.6 Å². The summed E-state index contributed by atoms with van der Waals surface area (Å²) in [6.45, 7) is 4.83. The van der Waals surface area contributed by atoms with E-state index in [-0.39, 0.29) is 30.9 Å². The van der Waals surface area contributed by atoms with Crippen LogP contribution in [0.3, 0.4) is 0 Å². The van der Waals surface area contributed by atoms with Crippen LogP contribution in [0.2, 0.25) is 5.02 Å². The van der Waals surface area contributed by atoms with Crippen LogP contribution in [0.1, 0.15) is 43.7 Å². The summed E-state index contributed by atoms with van der Waals surface area (Å²) < 4.78 is 5.87. The summed E-state index contributed by atoms with van der Waals surface area (Å²) >= 11 is 6.12. The Morgan fingerprint density at radius 3 is 2.53 bits per heavy atom. The van der Waals surface area contributed by atoms with E-state index in [2.05, 4.69) is 5.32 Å². The van der Waals surface area contributed by atoms with Gasteiger partial charge in [-0.3, -0.25) is 14.4 Å². The second-order valence-electron chi connectivity index (χ2n) is 11.1. The van der Waals surface area contributed by atoms with Crippen LogP contribution in [0.5, 0.6) is 0 Å². The van der Waals surface area contributed by atoms with Gasteiger partial charge in [0.1, 0.15) is 6.04 Å². The highest BCUT2D eigenvalue weighted by Crippen LogP contribution is 2.49. The summed E-state index contributed by atoms with van der Waals surface area (Å²) in [4.78, 5) is 43.7. The van der Waals surface area contributed by atoms with E-state index in [0.29, 0.717) is 37.6 Å². The monoisotopic (exact) mass is 540 g/mol. The molecule has 4 rings (SSSR count). The van der Waals surface area contributed by atoms with Crippen molar-refractivity contribution in [1.82, 2.24) is 15.1 Å². The molecule has 0 bridgehead atoms. The maximum Gasteiger partial charge on any atom is 0.247 e. The van der Waals surface area contributed by atoms with E-state index in [1.165, 1.54) is 0 Å². The predicted molar refractivity (Wildman–Crippen MR) is 146 cm³/mol. The summed E-state index contributed by atoms with van der Waals surface area (Å²) in [5.74, 6) is -0.745. The highest BCUT2D eigenvalue weighted by Gasteiger charge is 2.55. The zero-order valence-electron chi connectivity index (χ0n) is 22.3. The summed E-state index contributed by atoms with van der Waals surface area (Å²) in [5, 5.41) is 3.44. The number of piperidine rings is 1. The third-order valence-corrected chi connectivity index (χ3v) is 7.84. The van der Waals surface area contributed by atoms with Crippen molar-refractivity contribution in [3.63, 3.8) is 0 Å². The lowest BCUT2D eigenvalue weighted by Gasteiger charge is -2.43. The Hall–Kier alpha value is -2.94. The molecule has 9 heteroatoms. The van der Waals surface area contributed by atoms with Crippen molar-refractivity contribution in [3.05, 3.63) is 70.7 Å². The van der Waals surface area contributed by atoms with Crippen molar-refractivity contribution < 1.29 is 19.1 Å². The minimum atomic E-state index is -1.16. The fourth-order valence-electron chi connectivity index (χ4n) is 5.52. The number of benzene rings is 2. The van der Waals surface area contributed by atoms with Gasteiger partial charge in [-0.2, -0.15) is 0 Å². The molecule has 2 saturated heterocycles. The standard InChI is InChI=1S/C29H37ClN4O4/c1-28(2,31)26(36)32-24(18-38-17-20-8-5-4-6-9-20)25(35)34-15-7-14-29(19-34)23(16-33(3)27(29)37)21-10-12-22(30)13-11-21/h4-6,8-13,23-24H,7,14-19,31H2,1-3H3,(H,32,36). The summed E-state index contributed by atoms with van der Waals surface area (Å²) in [6, 6.07) is 16.3. The van der Waals surface area contributed by atoms with Crippen LogP contribution in [0, 0.1) is 5.41 Å². The highest BCUT2D eigenvalue weighted by molar-refractivity contribution is 6.30. The van der Waals surface area contributed by atoms with E-state index in [1.807, 2.05) is 61.6 Å². The molecule has 0 aliphatic carbocycles. The van der Waals surface area contributed by atoms with E-state index < -0.39 is 22.9 Å². The first kappa shape index (κ1) is 28.1. The van der Waals surface area contributed by atoms with Gasteiger partial charge in [0.15, 0.2) is 0 Å². The number of carbonyl (C=O) groups excluding carboxylic acids is 3. The number of carbonyl (C=O) groups is 3. The van der Waals surface area contributed by atoms with Gasteiger partial charge in [0.2, 0.25) is 17.7 Å². The predicted octanol–water partition coefficient (Wildman–Crippen LogP) is 2.94. The van der Waals surface area contributed by atoms with Gasteiger partial charge in [-0.25, -0.2) is 0 Å². The minimum absolute atomic E-state index is 0.00644. The Balaban J connectivity index is 1.55. The highest BCUT2D eigenvalue weighted by atomic mass is 35.5. The molecule has 2 heterocycles. The molecule has 204 valence electrons. The quantitative estimate of drug-likeness (QED) is 0.535. The Morgan fingerprint density at radius 1 is 1.18 bits per heavy atom. The van der Waals surface area contributed by atoms with Gasteiger partial charge in [0.25, 0.3) is 0 Å². The number of amides is 3. The minimum Gasteiger partial charge on any atom is -0.374 e. The van der Waals surface area contributed by atoms with Gasteiger partial charge in [-0.15, -0.1) is 0 Å². The molecular formula is C29H37ClN4O4. The van der Waals surface area contributed by atoms with Gasteiger partial charge >= 0.3 is 0 Å². The van der Waals surface area contributed by atoms with Crippen molar-refractivity contribution in [2.45, 2.75) is 50.8 Å². The molecule has 3 N–H and O–H groups in total. The Morgan fingerprint density at radius 2 is 1.87 bits per heavy atom. The fourth-order valence-corrected chi connectivity index (χ4v) is 5.65. The number of rotatable bonds is 8. The number of nitrogens with one attached hydrogen (secondary N) is 1. The Labute approximate surface area is 229 Å². The molecule has 0 aromatic heterocycles. The third kappa shape index (κ3) is 6.03. The molecule has 2 aliphatic heterocycles. The van der Waals surface area contributed by atoms with Crippen LogP contribution in [0.15, 0.2) is 54.6 Å². The molecule has 2 aromatic carbocycles. The number of ether oxygens (including phenoxy) is 1. The normalized spacial score (nSPS) is 22.6. The zero-order chi connectivity index (χ0) is 27.5. The number of halogens is 1. The number of nitrogens with zero attached hydrogens (tertiary/aromatic N) is 2. The molecule has 2 aromatic rings. The fraction of sp³-hybridized carbons (Fsp3) is 0.483. The van der Waals surface area contributed by atoms with Crippen molar-refractivity contribution in [2.75, 3.05) is 33.3 Å². The molecule has 0 saturated carbocycles. The molecule has 1 spiro atoms. The third-order valence-electron chi connectivity index (χ3n) is 7.59. The second kappa shape index (κ2) is 11.4. The van der Waals surface area contributed by atoms with E-state index in [9.17, 15) is 14.4 Å². The molecule has 38 heavy (non-hydrogen) atoms. The van der Waals surface area contributed by atoms with E-state index in [4.69, 9.17) is 22.1 Å². The van der Waals surface area contributed by atoms with Crippen LogP contribution in [0.4, 0.5) is 0 Å². The van der Waals surface area contributed by atoms with Crippen molar-refractivity contribution in [2.24, 2.45) is 11.1 Å². The maximum atomic E-state index is 13.9. The smallest absolute Gasteiger partial charge is 0.247 e. The first-order valence-electron chi connectivity index (χ1n) is 13.0. The average Bonchev–Trinajstić information content (AvgIpc) is 3.12. The lowest BCUT2D eigenvalue weighted by atomic mass is 9.69. The van der Waals surface area contributed by atoms with Gasteiger partial charge in [-0.05, 0) is 49.9 Å². The molecule has 2 aliphatic rings. The maximum absolute atomic E-state index is 13.9. The van der Waals surface area contributed by atoms with E-state index in [0.717, 1.165) is 11.1 Å². The first-order valence-corrected chi connectivity index (χ1v) is 13.4. The van der Waals surface area contributed by atoms with Crippen LogP contribution in [-0.4, -0.2) is 72.4 Å². The topological polar surface area (TPSA) is 105 Å². The zero-order valence-corrected chi connectivity index (χ0v) is 23.0. The number of hydrogen-bond donors (Lipinski definition) is 2. The van der Waals surface area contributed by atoms with Crippen LogP contribution < -0.4 is 11.1 Å². The molecule has 8 nitrogen and oxygen atoms in total. The summed E-state index contributed by atoms with van der Waals surface area (Å²) in [7, 11) is 1.81. The Kier molecular flexibility index (Phi) is 8.45. The van der Waals surface area contributed by atoms with Crippen LogP contribution in [-0.2, 0) is 25.7 Å². The molecular weight excluding hydrogens is 504 g/mol. The largest absolute Gasteiger partial charge is 0.374 e. The lowest BCUT2D eigenvalue weighted by molar-refractivity contribution is -0.147. The molecule has 2 fully saturated rings. The van der Waals surface area contributed by atoms with Crippen LogP contribution in [0.25, 0.3) is 0 Å². The second-order valence-corrected chi connectivity index (χ2v) is 11.5. The average molecular weight is 541 g/mol. The van der Waals surface area contributed by atoms with Gasteiger partial charge in [-0.1, -0.05) is 54.1 Å². The van der Waals surface area contributed by atoms with Crippen molar-refractivity contribution in [1.29, 1.82) is 0 Å².